The highest BCUT2D eigenvalue weighted by Crippen LogP contribution is 2.21. The van der Waals surface area contributed by atoms with Crippen LogP contribution in [-0.4, -0.2) is 46.9 Å². The summed E-state index contributed by atoms with van der Waals surface area (Å²) in [5.41, 5.74) is 1.06. The van der Waals surface area contributed by atoms with Gasteiger partial charge in [-0.05, 0) is 25.7 Å². The average Bonchev–Trinajstić information content (AvgIpc) is 2.39. The number of amides is 2. The molecule has 1 aliphatic heterocycles. The van der Waals surface area contributed by atoms with Crippen molar-refractivity contribution in [1.82, 2.24) is 10.2 Å². The van der Waals surface area contributed by atoms with Crippen LogP contribution in [0.1, 0.15) is 32.1 Å². The quantitative estimate of drug-likeness (QED) is 0.719. The Balaban J connectivity index is 2.03. The van der Waals surface area contributed by atoms with Crippen LogP contribution in [-0.2, 0) is 14.4 Å². The predicted molar refractivity (Wildman–Crippen MR) is 67.3 cm³/mol. The molecule has 0 saturated carbocycles. The number of nitrogens with zero attached hydrogens (tertiary/aromatic N) is 1. The summed E-state index contributed by atoms with van der Waals surface area (Å²) in [6.45, 7) is -0.179. The van der Waals surface area contributed by atoms with Gasteiger partial charge in [0.15, 0.2) is 0 Å². The van der Waals surface area contributed by atoms with Gasteiger partial charge in [-0.15, -0.1) is 0 Å². The summed E-state index contributed by atoms with van der Waals surface area (Å²) in [7, 11) is 0. The number of carbonyl (C=O) groups excluding carboxylic acids is 2. The summed E-state index contributed by atoms with van der Waals surface area (Å²) in [4.78, 5) is 35.8. The number of aliphatic carboxylic acids is 1. The zero-order valence-corrected chi connectivity index (χ0v) is 10.7. The lowest BCUT2D eigenvalue weighted by atomic mass is 9.96. The van der Waals surface area contributed by atoms with Crippen molar-refractivity contribution in [3.8, 4) is 0 Å². The van der Waals surface area contributed by atoms with Gasteiger partial charge < -0.3 is 15.3 Å². The van der Waals surface area contributed by atoms with Crippen molar-refractivity contribution in [1.29, 1.82) is 0 Å². The molecule has 1 unspecified atom stereocenters. The van der Waals surface area contributed by atoms with E-state index in [1.165, 1.54) is 4.90 Å². The summed E-state index contributed by atoms with van der Waals surface area (Å²) < 4.78 is 0. The van der Waals surface area contributed by atoms with Gasteiger partial charge in [-0.25, -0.2) is 4.79 Å². The molecular formula is C13H18N2O4. The highest BCUT2D eigenvalue weighted by Gasteiger charge is 2.35. The molecule has 6 nitrogen and oxygen atoms in total. The lowest BCUT2D eigenvalue weighted by molar-refractivity contribution is -0.153. The molecule has 0 aromatic heterocycles. The first-order valence-corrected chi connectivity index (χ1v) is 6.55. The zero-order valence-electron chi connectivity index (χ0n) is 10.7. The Labute approximate surface area is 111 Å². The lowest BCUT2D eigenvalue weighted by Gasteiger charge is -2.33. The minimum absolute atomic E-state index is 0.0149. The molecule has 2 rings (SSSR count). The highest BCUT2D eigenvalue weighted by atomic mass is 16.4. The van der Waals surface area contributed by atoms with Gasteiger partial charge in [-0.1, -0.05) is 11.6 Å². The zero-order chi connectivity index (χ0) is 13.8. The molecule has 0 aromatic rings. The van der Waals surface area contributed by atoms with E-state index in [1.54, 1.807) is 0 Å². The van der Waals surface area contributed by atoms with Crippen LogP contribution in [0, 0.1) is 0 Å². The van der Waals surface area contributed by atoms with Gasteiger partial charge in [0.2, 0.25) is 11.8 Å². The molecule has 2 aliphatic rings. The van der Waals surface area contributed by atoms with Crippen LogP contribution in [0.25, 0.3) is 0 Å². The largest absolute Gasteiger partial charge is 0.480 e. The van der Waals surface area contributed by atoms with Crippen LogP contribution in [0.4, 0.5) is 0 Å². The molecule has 1 heterocycles. The fourth-order valence-corrected chi connectivity index (χ4v) is 2.49. The molecule has 104 valence electrons. The van der Waals surface area contributed by atoms with E-state index in [2.05, 4.69) is 11.4 Å². The van der Waals surface area contributed by atoms with Crippen LogP contribution < -0.4 is 5.32 Å². The number of piperazine rings is 1. The van der Waals surface area contributed by atoms with Crippen molar-refractivity contribution in [3.05, 3.63) is 11.6 Å². The standard InChI is InChI=1S/C13H18N2O4/c16-11-8-15(10(7-14-11)13(18)19)12(17)6-9-4-2-1-3-5-9/h4,10H,1-3,5-8H2,(H,14,16)(H,18,19). The summed E-state index contributed by atoms with van der Waals surface area (Å²) in [5.74, 6) is -1.65. The third-order valence-electron chi connectivity index (χ3n) is 3.55. The Kier molecular flexibility index (Phi) is 4.19. The van der Waals surface area contributed by atoms with Gasteiger partial charge in [0.1, 0.15) is 12.6 Å². The predicted octanol–water partition coefficient (Wildman–Crippen LogP) is 0.289. The molecule has 0 spiro atoms. The molecule has 1 saturated heterocycles. The van der Waals surface area contributed by atoms with Crippen LogP contribution in [0.3, 0.4) is 0 Å². The summed E-state index contributed by atoms with van der Waals surface area (Å²) in [6.07, 6.45) is 6.37. The van der Waals surface area contributed by atoms with Crippen LogP contribution in [0.5, 0.6) is 0 Å². The minimum atomic E-state index is -1.08. The lowest BCUT2D eigenvalue weighted by Crippen LogP contribution is -2.59. The maximum Gasteiger partial charge on any atom is 0.328 e. The molecule has 1 atom stereocenters. The maximum absolute atomic E-state index is 12.2. The first-order valence-electron chi connectivity index (χ1n) is 6.55. The van der Waals surface area contributed by atoms with Gasteiger partial charge in [0, 0.05) is 13.0 Å². The Bertz CT molecular complexity index is 430. The topological polar surface area (TPSA) is 86.7 Å². The number of rotatable bonds is 3. The molecule has 1 fully saturated rings. The number of nitrogens with one attached hydrogen (secondary N) is 1. The molecule has 2 N–H and O–H groups in total. The van der Waals surface area contributed by atoms with Gasteiger partial charge >= 0.3 is 5.97 Å². The Morgan fingerprint density at radius 1 is 1.42 bits per heavy atom. The van der Waals surface area contributed by atoms with Crippen molar-refractivity contribution < 1.29 is 19.5 Å². The Morgan fingerprint density at radius 2 is 2.21 bits per heavy atom. The van der Waals surface area contributed by atoms with Crippen molar-refractivity contribution in [2.24, 2.45) is 0 Å². The van der Waals surface area contributed by atoms with Crippen LogP contribution >= 0.6 is 0 Å². The summed E-state index contributed by atoms with van der Waals surface area (Å²) in [6, 6.07) is -0.950. The molecule has 0 radical (unpaired) electrons. The molecule has 0 bridgehead atoms. The maximum atomic E-state index is 12.2. The molecule has 19 heavy (non-hydrogen) atoms. The van der Waals surface area contributed by atoms with Crippen molar-refractivity contribution in [2.45, 2.75) is 38.1 Å². The molecular weight excluding hydrogens is 248 g/mol. The number of carboxylic acid groups (broad SMARTS) is 1. The number of carboxylic acids is 1. The van der Waals surface area contributed by atoms with E-state index in [9.17, 15) is 14.4 Å². The second-order valence-corrected chi connectivity index (χ2v) is 4.96. The van der Waals surface area contributed by atoms with Crippen LogP contribution in [0.15, 0.2) is 11.6 Å². The van der Waals surface area contributed by atoms with E-state index in [4.69, 9.17) is 5.11 Å². The second-order valence-electron chi connectivity index (χ2n) is 4.96. The number of hydrogen-bond donors (Lipinski definition) is 2. The normalized spacial score (nSPS) is 23.6. The third-order valence-corrected chi connectivity index (χ3v) is 3.55. The van der Waals surface area contributed by atoms with E-state index in [1.807, 2.05) is 0 Å². The van der Waals surface area contributed by atoms with Gasteiger partial charge in [0.05, 0.1) is 0 Å². The number of allylic oxidation sites excluding steroid dienone is 1. The van der Waals surface area contributed by atoms with Crippen molar-refractivity contribution >= 4 is 17.8 Å². The monoisotopic (exact) mass is 266 g/mol. The molecule has 2 amide bonds. The summed E-state index contributed by atoms with van der Waals surface area (Å²) in [5, 5.41) is 11.6. The van der Waals surface area contributed by atoms with Gasteiger partial charge in [-0.3, -0.25) is 9.59 Å². The SMILES string of the molecule is O=C1CN(C(=O)CC2=CCCCC2)C(C(=O)O)CN1. The van der Waals surface area contributed by atoms with E-state index in [-0.39, 0.29) is 31.3 Å². The average molecular weight is 266 g/mol. The van der Waals surface area contributed by atoms with E-state index < -0.39 is 12.0 Å². The third kappa shape index (κ3) is 3.33. The smallest absolute Gasteiger partial charge is 0.328 e. The fourth-order valence-electron chi connectivity index (χ4n) is 2.49. The first kappa shape index (κ1) is 13.6. The Morgan fingerprint density at radius 3 is 2.84 bits per heavy atom. The van der Waals surface area contributed by atoms with Crippen molar-refractivity contribution in [2.75, 3.05) is 13.1 Å². The number of carbonyl (C=O) groups is 3. The highest BCUT2D eigenvalue weighted by molar-refractivity contribution is 5.91. The first-order chi connectivity index (χ1) is 9.08. The second kappa shape index (κ2) is 5.86. The molecule has 0 aromatic carbocycles. The van der Waals surface area contributed by atoms with Gasteiger partial charge in [0.25, 0.3) is 0 Å². The number of hydrogen-bond acceptors (Lipinski definition) is 3. The van der Waals surface area contributed by atoms with E-state index in [0.29, 0.717) is 0 Å². The molecule has 6 heteroatoms. The van der Waals surface area contributed by atoms with E-state index >= 15 is 0 Å². The van der Waals surface area contributed by atoms with Crippen LogP contribution in [0.2, 0.25) is 0 Å². The van der Waals surface area contributed by atoms with Crippen molar-refractivity contribution in [3.63, 3.8) is 0 Å². The minimum Gasteiger partial charge on any atom is -0.480 e. The van der Waals surface area contributed by atoms with E-state index in [0.717, 1.165) is 31.3 Å². The Hall–Kier alpha value is -1.85. The van der Waals surface area contributed by atoms with Gasteiger partial charge in [-0.2, -0.15) is 0 Å². The fraction of sp³-hybridized carbons (Fsp3) is 0.615. The molecule has 1 aliphatic carbocycles. The summed E-state index contributed by atoms with van der Waals surface area (Å²) >= 11 is 0.